The summed E-state index contributed by atoms with van der Waals surface area (Å²) in [4.78, 5) is 31.7. The number of hydrogen-bond acceptors (Lipinski definition) is 4. The van der Waals surface area contributed by atoms with E-state index in [9.17, 15) is 14.0 Å². The average Bonchev–Trinajstić information content (AvgIpc) is 3.37. The summed E-state index contributed by atoms with van der Waals surface area (Å²) in [5.74, 6) is 0.229. The Morgan fingerprint density at radius 1 is 1.14 bits per heavy atom. The highest BCUT2D eigenvalue weighted by molar-refractivity contribution is 7.10. The molecule has 5 nitrogen and oxygen atoms in total. The zero-order chi connectivity index (χ0) is 25.7. The van der Waals surface area contributed by atoms with Gasteiger partial charge in [-0.05, 0) is 72.7 Å². The number of thiophene rings is 1. The molecule has 0 bridgehead atoms. The summed E-state index contributed by atoms with van der Waals surface area (Å²) in [5.41, 5.74) is 2.65. The van der Waals surface area contributed by atoms with Gasteiger partial charge in [0.05, 0.1) is 6.04 Å². The van der Waals surface area contributed by atoms with Crippen molar-refractivity contribution in [2.45, 2.75) is 39.7 Å². The number of aryl methyl sites for hydroxylation is 1. The summed E-state index contributed by atoms with van der Waals surface area (Å²) >= 11 is 1.71. The Labute approximate surface area is 216 Å². The van der Waals surface area contributed by atoms with Crippen LogP contribution in [0.25, 0.3) is 0 Å². The first-order valence-corrected chi connectivity index (χ1v) is 13.3. The molecule has 36 heavy (non-hydrogen) atoms. The number of ether oxygens (including phenoxy) is 1. The van der Waals surface area contributed by atoms with Crippen LogP contribution in [0.4, 0.5) is 4.39 Å². The molecule has 0 saturated heterocycles. The molecular weight excluding hydrogens is 475 g/mol. The third-order valence-corrected chi connectivity index (χ3v) is 7.77. The maximum Gasteiger partial charge on any atom is 0.254 e. The monoisotopic (exact) mass is 508 g/mol. The number of carbonyl (C=O) groups is 2. The summed E-state index contributed by atoms with van der Waals surface area (Å²) in [6.07, 6.45) is 1.67. The zero-order valence-electron chi connectivity index (χ0n) is 21.1. The fourth-order valence-corrected chi connectivity index (χ4v) is 5.37. The van der Waals surface area contributed by atoms with Gasteiger partial charge < -0.3 is 14.5 Å². The number of hydrogen-bond donors (Lipinski definition) is 0. The highest BCUT2D eigenvalue weighted by atomic mass is 32.1. The first-order valence-electron chi connectivity index (χ1n) is 12.5. The Bertz CT molecular complexity index is 1180. The van der Waals surface area contributed by atoms with Crippen LogP contribution in [0, 0.1) is 18.7 Å². The average molecular weight is 509 g/mol. The van der Waals surface area contributed by atoms with Gasteiger partial charge in [0.25, 0.3) is 5.91 Å². The topological polar surface area (TPSA) is 49.9 Å². The van der Waals surface area contributed by atoms with Crippen LogP contribution in [0.2, 0.25) is 0 Å². The van der Waals surface area contributed by atoms with E-state index in [0.717, 1.165) is 29.7 Å². The predicted molar refractivity (Wildman–Crippen MR) is 141 cm³/mol. The van der Waals surface area contributed by atoms with Gasteiger partial charge in [-0.3, -0.25) is 9.59 Å². The minimum absolute atomic E-state index is 0.0267. The highest BCUT2D eigenvalue weighted by Gasteiger charge is 2.34. The van der Waals surface area contributed by atoms with Gasteiger partial charge in [-0.15, -0.1) is 11.3 Å². The van der Waals surface area contributed by atoms with E-state index in [1.165, 1.54) is 29.1 Å². The maximum atomic E-state index is 13.7. The van der Waals surface area contributed by atoms with Crippen molar-refractivity contribution in [3.8, 4) is 5.75 Å². The fraction of sp³-hybridized carbons (Fsp3) is 0.379. The number of rotatable bonds is 9. The molecule has 0 saturated carbocycles. The van der Waals surface area contributed by atoms with Crippen LogP contribution < -0.4 is 4.74 Å². The van der Waals surface area contributed by atoms with E-state index in [2.05, 4.69) is 25.3 Å². The van der Waals surface area contributed by atoms with Crippen LogP contribution in [0.3, 0.4) is 0 Å². The minimum Gasteiger partial charge on any atom is -0.491 e. The SMILES string of the molecule is CCC(C)CN(CC(=O)N1CCc2sccc2C1COc1ccc(C)cc1)C(=O)c1ccc(F)cc1. The minimum atomic E-state index is -0.396. The van der Waals surface area contributed by atoms with Gasteiger partial charge in [0, 0.05) is 23.5 Å². The van der Waals surface area contributed by atoms with Crippen molar-refractivity contribution in [1.82, 2.24) is 9.80 Å². The lowest BCUT2D eigenvalue weighted by molar-refractivity contribution is -0.135. The molecular formula is C29H33FN2O3S. The molecule has 3 aromatic rings. The van der Waals surface area contributed by atoms with Gasteiger partial charge >= 0.3 is 0 Å². The summed E-state index contributed by atoms with van der Waals surface area (Å²) in [7, 11) is 0. The van der Waals surface area contributed by atoms with E-state index < -0.39 is 5.82 Å². The molecule has 2 aromatic carbocycles. The van der Waals surface area contributed by atoms with Gasteiger partial charge in [0.1, 0.15) is 24.7 Å². The molecule has 0 radical (unpaired) electrons. The normalized spacial score (nSPS) is 15.8. The van der Waals surface area contributed by atoms with Crippen molar-refractivity contribution in [1.29, 1.82) is 0 Å². The Morgan fingerprint density at radius 2 is 1.86 bits per heavy atom. The van der Waals surface area contributed by atoms with Crippen molar-refractivity contribution in [3.05, 3.63) is 87.4 Å². The Morgan fingerprint density at radius 3 is 2.56 bits per heavy atom. The largest absolute Gasteiger partial charge is 0.491 e. The molecule has 0 N–H and O–H groups in total. The van der Waals surface area contributed by atoms with Crippen LogP contribution >= 0.6 is 11.3 Å². The Kier molecular flexibility index (Phi) is 8.41. The van der Waals surface area contributed by atoms with Crippen molar-refractivity contribution in [2.24, 2.45) is 5.92 Å². The molecule has 1 aromatic heterocycles. The van der Waals surface area contributed by atoms with E-state index in [0.29, 0.717) is 25.3 Å². The van der Waals surface area contributed by atoms with E-state index in [4.69, 9.17) is 4.74 Å². The van der Waals surface area contributed by atoms with Gasteiger partial charge in [-0.1, -0.05) is 38.0 Å². The number of amides is 2. The molecule has 1 aliphatic rings. The number of fused-ring (bicyclic) bond motifs is 1. The molecule has 190 valence electrons. The second kappa shape index (κ2) is 11.7. The molecule has 2 amide bonds. The van der Waals surface area contributed by atoms with E-state index >= 15 is 0 Å². The van der Waals surface area contributed by atoms with Crippen LogP contribution in [-0.2, 0) is 11.2 Å². The van der Waals surface area contributed by atoms with Crippen molar-refractivity contribution < 1.29 is 18.7 Å². The van der Waals surface area contributed by atoms with E-state index in [1.54, 1.807) is 16.2 Å². The summed E-state index contributed by atoms with van der Waals surface area (Å²) in [6, 6.07) is 15.2. The Hall–Kier alpha value is -3.19. The smallest absolute Gasteiger partial charge is 0.254 e. The third kappa shape index (κ3) is 6.13. The number of carbonyl (C=O) groups excluding carboxylic acids is 2. The first-order chi connectivity index (χ1) is 17.4. The molecule has 2 heterocycles. The predicted octanol–water partition coefficient (Wildman–Crippen LogP) is 5.89. The lowest BCUT2D eigenvalue weighted by atomic mass is 10.00. The van der Waals surface area contributed by atoms with Crippen LogP contribution in [0.5, 0.6) is 5.75 Å². The lowest BCUT2D eigenvalue weighted by Gasteiger charge is -2.37. The molecule has 1 aliphatic heterocycles. The molecule has 7 heteroatoms. The fourth-order valence-electron chi connectivity index (χ4n) is 4.44. The van der Waals surface area contributed by atoms with Gasteiger partial charge in [-0.2, -0.15) is 0 Å². The molecule has 4 rings (SSSR count). The molecule has 2 atom stereocenters. The standard InChI is InChI=1S/C29H33FN2O3S/c1-4-20(2)17-31(29(34)22-7-9-23(30)10-8-22)18-28(33)32-15-13-27-25(14-16-36-27)26(32)19-35-24-11-5-21(3)6-12-24/h5-12,14,16,20,26H,4,13,15,17-19H2,1-3H3. The molecule has 2 unspecified atom stereocenters. The molecule has 0 fully saturated rings. The van der Waals surface area contributed by atoms with Crippen molar-refractivity contribution in [2.75, 3.05) is 26.2 Å². The second-order valence-electron chi connectivity index (χ2n) is 9.48. The number of nitrogens with zero attached hydrogens (tertiary/aromatic N) is 2. The maximum absolute atomic E-state index is 13.7. The van der Waals surface area contributed by atoms with Gasteiger partial charge in [0.15, 0.2) is 0 Å². The third-order valence-electron chi connectivity index (χ3n) is 6.78. The lowest BCUT2D eigenvalue weighted by Crippen LogP contribution is -2.48. The quantitative estimate of drug-likeness (QED) is 0.362. The van der Waals surface area contributed by atoms with Crippen LogP contribution in [-0.4, -0.2) is 47.9 Å². The van der Waals surface area contributed by atoms with E-state index in [1.807, 2.05) is 36.1 Å². The molecule has 0 spiro atoms. The van der Waals surface area contributed by atoms with Crippen molar-refractivity contribution in [3.63, 3.8) is 0 Å². The van der Waals surface area contributed by atoms with Crippen LogP contribution in [0.1, 0.15) is 52.7 Å². The summed E-state index contributed by atoms with van der Waals surface area (Å²) in [6.45, 7) is 7.51. The van der Waals surface area contributed by atoms with Gasteiger partial charge in [0.2, 0.25) is 5.91 Å². The summed E-state index contributed by atoms with van der Waals surface area (Å²) < 4.78 is 19.5. The molecule has 0 aliphatic carbocycles. The van der Waals surface area contributed by atoms with E-state index in [-0.39, 0.29) is 30.3 Å². The van der Waals surface area contributed by atoms with Crippen LogP contribution in [0.15, 0.2) is 60.0 Å². The first kappa shape index (κ1) is 25.9. The Balaban J connectivity index is 1.53. The summed E-state index contributed by atoms with van der Waals surface area (Å²) in [5, 5.41) is 2.06. The highest BCUT2D eigenvalue weighted by Crippen LogP contribution is 2.34. The second-order valence-corrected chi connectivity index (χ2v) is 10.5. The van der Waals surface area contributed by atoms with Crippen molar-refractivity contribution >= 4 is 23.2 Å². The number of benzene rings is 2. The van der Waals surface area contributed by atoms with Gasteiger partial charge in [-0.25, -0.2) is 4.39 Å². The zero-order valence-corrected chi connectivity index (χ0v) is 21.9. The number of halogens is 1.